The van der Waals surface area contributed by atoms with Crippen molar-refractivity contribution in [1.82, 2.24) is 0 Å². The van der Waals surface area contributed by atoms with Gasteiger partial charge in [-0.3, -0.25) is 4.79 Å². The monoisotopic (exact) mass is 580 g/mol. The van der Waals surface area contributed by atoms with Crippen LogP contribution in [0.3, 0.4) is 0 Å². The van der Waals surface area contributed by atoms with Gasteiger partial charge in [-0.25, -0.2) is 4.79 Å². The Balaban J connectivity index is 1.74. The van der Waals surface area contributed by atoms with Gasteiger partial charge in [0.15, 0.2) is 12.6 Å². The minimum atomic E-state index is -1.80. The van der Waals surface area contributed by atoms with Crippen LogP contribution in [0.5, 0.6) is 0 Å². The van der Waals surface area contributed by atoms with Crippen LogP contribution in [0, 0.1) is 5.92 Å². The second-order valence-corrected chi connectivity index (χ2v) is 9.34. The molecule has 0 spiro atoms. The zero-order valence-electron chi connectivity index (χ0n) is 22.0. The largest absolute Gasteiger partial charge is 0.469 e. The average Bonchev–Trinajstić information content (AvgIpc) is 2.96. The molecule has 228 valence electrons. The molecular formula is C24H36O16. The van der Waals surface area contributed by atoms with Crippen LogP contribution < -0.4 is 0 Å². The first-order valence-corrected chi connectivity index (χ1v) is 12.4. The standard InChI is InChI=1S/C24H36O16/c1-4-9-10(5-14(26)34-2)11(21(33)35-3)7-36-22(9)40-24-20(32)18(30)16(28)13(39-24)8-37-23-19(31)17(29)15(27)12(6-25)38-23/h4,7,10,12-13,15-20,22-25,27-32H,5-6,8H2,1-3H3/b9-4+/t10-,12+,13+,15+,16+,17-,18-,19+,20+,22?,23+,24-/m0/s1. The van der Waals surface area contributed by atoms with Crippen LogP contribution in [0.15, 0.2) is 23.5 Å². The number of hydrogen-bond donors (Lipinski definition) is 7. The number of carbonyl (C=O) groups excluding carboxylic acids is 2. The van der Waals surface area contributed by atoms with E-state index in [2.05, 4.69) is 0 Å². The Hall–Kier alpha value is -2.22. The molecular weight excluding hydrogens is 544 g/mol. The number of methoxy groups -OCH3 is 2. The van der Waals surface area contributed by atoms with Gasteiger partial charge in [0.2, 0.25) is 6.29 Å². The average molecular weight is 581 g/mol. The number of ether oxygens (including phenoxy) is 7. The number of carbonyl (C=O) groups is 2. The zero-order chi connectivity index (χ0) is 29.7. The first kappa shape index (κ1) is 32.3. The summed E-state index contributed by atoms with van der Waals surface area (Å²) in [5.74, 6) is -2.28. The van der Waals surface area contributed by atoms with E-state index in [9.17, 15) is 45.3 Å². The van der Waals surface area contributed by atoms with Gasteiger partial charge in [-0.05, 0) is 6.92 Å². The van der Waals surface area contributed by atoms with Gasteiger partial charge in [0.25, 0.3) is 0 Å². The van der Waals surface area contributed by atoms with Crippen LogP contribution in [0.2, 0.25) is 0 Å². The summed E-state index contributed by atoms with van der Waals surface area (Å²) in [6, 6.07) is 0. The summed E-state index contributed by atoms with van der Waals surface area (Å²) in [6.07, 6.45) is -15.2. The van der Waals surface area contributed by atoms with Gasteiger partial charge in [0, 0.05) is 11.5 Å². The minimum Gasteiger partial charge on any atom is -0.469 e. The van der Waals surface area contributed by atoms with Crippen molar-refractivity contribution < 1.29 is 78.5 Å². The van der Waals surface area contributed by atoms with E-state index in [-0.39, 0.29) is 17.6 Å². The first-order valence-electron chi connectivity index (χ1n) is 12.4. The number of aliphatic hydroxyl groups excluding tert-OH is 7. The number of esters is 2. The third kappa shape index (κ3) is 6.80. The van der Waals surface area contributed by atoms with Crippen LogP contribution in [0.25, 0.3) is 0 Å². The van der Waals surface area contributed by atoms with Gasteiger partial charge < -0.3 is 68.9 Å². The van der Waals surface area contributed by atoms with E-state index >= 15 is 0 Å². The second-order valence-electron chi connectivity index (χ2n) is 9.34. The molecule has 3 rings (SSSR count). The van der Waals surface area contributed by atoms with Gasteiger partial charge in [-0.1, -0.05) is 6.08 Å². The second kappa shape index (κ2) is 14.1. The summed E-state index contributed by atoms with van der Waals surface area (Å²) in [7, 11) is 2.33. The Morgan fingerprint density at radius 2 is 1.48 bits per heavy atom. The molecule has 12 atom stereocenters. The summed E-state index contributed by atoms with van der Waals surface area (Å²) >= 11 is 0. The van der Waals surface area contributed by atoms with Gasteiger partial charge in [-0.15, -0.1) is 0 Å². The predicted molar refractivity (Wildman–Crippen MR) is 126 cm³/mol. The van der Waals surface area contributed by atoms with Crippen molar-refractivity contribution in [3.8, 4) is 0 Å². The molecule has 0 radical (unpaired) electrons. The molecule has 16 heteroatoms. The molecule has 2 fully saturated rings. The van der Waals surface area contributed by atoms with Gasteiger partial charge in [0.1, 0.15) is 48.8 Å². The van der Waals surface area contributed by atoms with Crippen molar-refractivity contribution in [2.24, 2.45) is 5.92 Å². The SMILES string of the molecule is C/C=C1/C(O[C@@H]2O[C@H](CO[C@@H]3O[C@H](CO)[C@@H](O)[C@H](O)[C@H]3O)[C@@H](O)[C@H](O)[C@H]2O)OC=C(C(=O)OC)[C@H]1CC(=O)OC. The number of hydrogen-bond acceptors (Lipinski definition) is 16. The lowest BCUT2D eigenvalue weighted by Crippen LogP contribution is -2.62. The van der Waals surface area contributed by atoms with Crippen LogP contribution in [-0.2, 0) is 42.7 Å². The molecule has 0 amide bonds. The number of aliphatic hydroxyl groups is 7. The lowest BCUT2D eigenvalue weighted by Gasteiger charge is -2.43. The molecule has 1 unspecified atom stereocenters. The van der Waals surface area contributed by atoms with Crippen LogP contribution in [0.4, 0.5) is 0 Å². The Bertz CT molecular complexity index is 936. The maximum Gasteiger partial charge on any atom is 0.337 e. The van der Waals surface area contributed by atoms with Crippen molar-refractivity contribution in [2.75, 3.05) is 27.4 Å². The van der Waals surface area contributed by atoms with Crippen molar-refractivity contribution in [3.05, 3.63) is 23.5 Å². The van der Waals surface area contributed by atoms with E-state index in [1.807, 2.05) is 0 Å². The summed E-state index contributed by atoms with van der Waals surface area (Å²) in [5, 5.41) is 70.8. The molecule has 3 aliphatic heterocycles. The van der Waals surface area contributed by atoms with E-state index in [0.717, 1.165) is 13.4 Å². The van der Waals surface area contributed by atoms with Gasteiger partial charge in [0.05, 0.1) is 45.7 Å². The lowest BCUT2D eigenvalue weighted by molar-refractivity contribution is -0.344. The normalized spacial score (nSPS) is 41.1. The fourth-order valence-corrected chi connectivity index (χ4v) is 4.56. The maximum atomic E-state index is 12.3. The first-order chi connectivity index (χ1) is 19.0. The Kier molecular flexibility index (Phi) is 11.4. The zero-order valence-corrected chi connectivity index (χ0v) is 22.0. The highest BCUT2D eigenvalue weighted by Crippen LogP contribution is 2.36. The molecule has 0 aromatic carbocycles. The van der Waals surface area contributed by atoms with Crippen molar-refractivity contribution in [1.29, 1.82) is 0 Å². The third-order valence-electron chi connectivity index (χ3n) is 6.92. The number of allylic oxidation sites excluding steroid dienone is 1. The molecule has 0 saturated carbocycles. The summed E-state index contributed by atoms with van der Waals surface area (Å²) in [5.41, 5.74) is 0.283. The third-order valence-corrected chi connectivity index (χ3v) is 6.92. The molecule has 0 aliphatic carbocycles. The van der Waals surface area contributed by atoms with E-state index in [1.165, 1.54) is 13.2 Å². The molecule has 7 N–H and O–H groups in total. The summed E-state index contributed by atoms with van der Waals surface area (Å²) in [6.45, 7) is 0.340. The molecule has 0 aromatic heterocycles. The van der Waals surface area contributed by atoms with Crippen molar-refractivity contribution in [2.45, 2.75) is 81.0 Å². The van der Waals surface area contributed by atoms with Crippen LogP contribution in [-0.4, -0.2) is 143 Å². The lowest BCUT2D eigenvalue weighted by atomic mass is 9.86. The highest BCUT2D eigenvalue weighted by atomic mass is 16.8. The molecule has 3 heterocycles. The Morgan fingerprint density at radius 3 is 2.05 bits per heavy atom. The van der Waals surface area contributed by atoms with Crippen LogP contribution in [0.1, 0.15) is 13.3 Å². The van der Waals surface area contributed by atoms with Crippen molar-refractivity contribution >= 4 is 11.9 Å². The molecule has 0 aromatic rings. The van der Waals surface area contributed by atoms with E-state index in [1.54, 1.807) is 6.92 Å². The van der Waals surface area contributed by atoms with Gasteiger partial charge in [-0.2, -0.15) is 0 Å². The van der Waals surface area contributed by atoms with E-state index in [4.69, 9.17) is 33.2 Å². The Morgan fingerprint density at radius 1 is 0.875 bits per heavy atom. The van der Waals surface area contributed by atoms with Crippen LogP contribution >= 0.6 is 0 Å². The Labute approximate surface area is 228 Å². The molecule has 0 bridgehead atoms. The van der Waals surface area contributed by atoms with E-state index < -0.39 is 98.8 Å². The summed E-state index contributed by atoms with van der Waals surface area (Å²) in [4.78, 5) is 24.3. The van der Waals surface area contributed by atoms with E-state index in [0.29, 0.717) is 0 Å². The summed E-state index contributed by atoms with van der Waals surface area (Å²) < 4.78 is 37.0. The molecule has 3 aliphatic rings. The number of rotatable bonds is 9. The predicted octanol–water partition coefficient (Wildman–Crippen LogP) is -3.83. The fraction of sp³-hybridized carbons (Fsp3) is 0.750. The smallest absolute Gasteiger partial charge is 0.337 e. The van der Waals surface area contributed by atoms with Gasteiger partial charge >= 0.3 is 11.9 Å². The molecule has 16 nitrogen and oxygen atoms in total. The molecule has 40 heavy (non-hydrogen) atoms. The minimum absolute atomic E-state index is 0.00669. The van der Waals surface area contributed by atoms with Crippen molar-refractivity contribution in [3.63, 3.8) is 0 Å². The highest BCUT2D eigenvalue weighted by molar-refractivity contribution is 5.90. The highest BCUT2D eigenvalue weighted by Gasteiger charge is 2.49. The molecule has 2 saturated heterocycles. The quantitative estimate of drug-likeness (QED) is 0.102. The maximum absolute atomic E-state index is 12.3. The fourth-order valence-electron chi connectivity index (χ4n) is 4.56. The topological polar surface area (TPSA) is 240 Å².